The molecule has 0 bridgehead atoms. The molecule has 0 amide bonds. The predicted molar refractivity (Wildman–Crippen MR) is 53.8 cm³/mol. The Bertz CT molecular complexity index is 302. The minimum Gasteiger partial charge on any atom is -0.390 e. The van der Waals surface area contributed by atoms with Crippen molar-refractivity contribution in [1.82, 2.24) is 0 Å². The van der Waals surface area contributed by atoms with Gasteiger partial charge in [-0.2, -0.15) is 8.78 Å². The van der Waals surface area contributed by atoms with Crippen molar-refractivity contribution >= 4 is 11.8 Å². The summed E-state index contributed by atoms with van der Waals surface area (Å²) >= 11 is 1.50. The van der Waals surface area contributed by atoms with Crippen LogP contribution in [0.5, 0.6) is 0 Å². The van der Waals surface area contributed by atoms with Gasteiger partial charge >= 0.3 is 0 Å². The van der Waals surface area contributed by atoms with Crippen molar-refractivity contribution in [2.75, 3.05) is 12.4 Å². The molecule has 4 heteroatoms. The normalized spacial score (nSPS) is 11.7. The molecule has 0 unspecified atom stereocenters. The van der Waals surface area contributed by atoms with E-state index in [1.807, 2.05) is 6.92 Å². The van der Waals surface area contributed by atoms with Gasteiger partial charge in [-0.05, 0) is 17.9 Å². The van der Waals surface area contributed by atoms with Gasteiger partial charge in [-0.15, -0.1) is 11.8 Å². The van der Waals surface area contributed by atoms with Gasteiger partial charge in [-0.25, -0.2) is 0 Å². The molecule has 0 saturated carbocycles. The lowest BCUT2D eigenvalue weighted by molar-refractivity contribution is -0.0557. The van der Waals surface area contributed by atoms with Crippen LogP contribution in [-0.2, 0) is 5.92 Å². The third-order valence-corrected chi connectivity index (χ3v) is 2.64. The van der Waals surface area contributed by atoms with Crippen molar-refractivity contribution < 1.29 is 13.9 Å². The molecule has 1 N–H and O–H groups in total. The average molecular weight is 218 g/mol. The molecule has 1 rings (SSSR count). The van der Waals surface area contributed by atoms with Gasteiger partial charge in [0.25, 0.3) is 5.92 Å². The van der Waals surface area contributed by atoms with Gasteiger partial charge in [0.05, 0.1) is 0 Å². The zero-order valence-corrected chi connectivity index (χ0v) is 8.65. The van der Waals surface area contributed by atoms with Crippen LogP contribution in [0.4, 0.5) is 8.78 Å². The molecule has 1 nitrogen and oxygen atoms in total. The van der Waals surface area contributed by atoms with Crippen LogP contribution < -0.4 is 0 Å². The van der Waals surface area contributed by atoms with E-state index in [0.29, 0.717) is 0 Å². The van der Waals surface area contributed by atoms with Gasteiger partial charge < -0.3 is 5.11 Å². The summed E-state index contributed by atoms with van der Waals surface area (Å²) in [6.07, 6.45) is 0. The van der Waals surface area contributed by atoms with Crippen LogP contribution in [0.1, 0.15) is 12.5 Å². The number of halogens is 2. The molecule has 14 heavy (non-hydrogen) atoms. The van der Waals surface area contributed by atoms with Gasteiger partial charge in [0.15, 0.2) is 0 Å². The van der Waals surface area contributed by atoms with Crippen molar-refractivity contribution in [3.05, 3.63) is 29.8 Å². The largest absolute Gasteiger partial charge is 0.390 e. The number of rotatable bonds is 4. The first-order valence-electron chi connectivity index (χ1n) is 4.32. The van der Waals surface area contributed by atoms with E-state index in [1.54, 1.807) is 12.1 Å². The molecule has 0 aromatic heterocycles. The molecule has 78 valence electrons. The number of thioether (sulfide) groups is 1. The smallest absolute Gasteiger partial charge is 0.295 e. The van der Waals surface area contributed by atoms with E-state index in [4.69, 9.17) is 5.11 Å². The van der Waals surface area contributed by atoms with E-state index >= 15 is 0 Å². The van der Waals surface area contributed by atoms with Gasteiger partial charge in [0.1, 0.15) is 6.61 Å². The van der Waals surface area contributed by atoms with E-state index in [-0.39, 0.29) is 5.56 Å². The first-order chi connectivity index (χ1) is 6.60. The summed E-state index contributed by atoms with van der Waals surface area (Å²) in [7, 11) is 0. The monoisotopic (exact) mass is 218 g/mol. The lowest BCUT2D eigenvalue weighted by Crippen LogP contribution is -2.18. The molecule has 0 aliphatic rings. The molecule has 0 atom stereocenters. The summed E-state index contributed by atoms with van der Waals surface area (Å²) in [5.41, 5.74) is -0.126. The lowest BCUT2D eigenvalue weighted by atomic mass is 10.1. The molecule has 0 spiro atoms. The summed E-state index contributed by atoms with van der Waals surface area (Å²) in [5, 5.41) is 8.51. The lowest BCUT2D eigenvalue weighted by Gasteiger charge is -2.14. The third-order valence-electron chi connectivity index (χ3n) is 1.77. The second-order valence-corrected chi connectivity index (χ2v) is 4.16. The number of alkyl halides is 2. The van der Waals surface area contributed by atoms with Crippen LogP contribution in [0, 0.1) is 0 Å². The average Bonchev–Trinajstić information content (AvgIpc) is 2.19. The highest BCUT2D eigenvalue weighted by atomic mass is 32.2. The quantitative estimate of drug-likeness (QED) is 0.784. The summed E-state index contributed by atoms with van der Waals surface area (Å²) < 4.78 is 26.1. The van der Waals surface area contributed by atoms with Gasteiger partial charge in [-0.1, -0.05) is 19.1 Å². The fourth-order valence-corrected chi connectivity index (χ4v) is 1.79. The van der Waals surface area contributed by atoms with E-state index < -0.39 is 12.5 Å². The Balaban J connectivity index is 2.93. The van der Waals surface area contributed by atoms with E-state index in [0.717, 1.165) is 10.6 Å². The maximum Gasteiger partial charge on any atom is 0.295 e. The zero-order chi connectivity index (χ0) is 10.6. The van der Waals surface area contributed by atoms with Crippen LogP contribution in [0.2, 0.25) is 0 Å². The zero-order valence-electron chi connectivity index (χ0n) is 7.84. The molecular weight excluding hydrogens is 206 g/mol. The number of aliphatic hydroxyl groups excluding tert-OH is 1. The van der Waals surface area contributed by atoms with E-state index in [2.05, 4.69) is 0 Å². The molecule has 1 aromatic rings. The summed E-state index contributed by atoms with van der Waals surface area (Å²) in [4.78, 5) is 0.804. The van der Waals surface area contributed by atoms with Crippen LogP contribution in [0.15, 0.2) is 29.2 Å². The minimum absolute atomic E-state index is 0.126. The second kappa shape index (κ2) is 4.75. The molecular formula is C10H12F2OS. The first-order valence-corrected chi connectivity index (χ1v) is 5.30. The first kappa shape index (κ1) is 11.5. The highest BCUT2D eigenvalue weighted by molar-refractivity contribution is 7.99. The Morgan fingerprint density at radius 3 is 2.71 bits per heavy atom. The molecule has 0 aliphatic heterocycles. The third kappa shape index (κ3) is 2.69. The van der Waals surface area contributed by atoms with Gasteiger partial charge in [0, 0.05) is 10.5 Å². The highest BCUT2D eigenvalue weighted by Gasteiger charge is 2.30. The highest BCUT2D eigenvalue weighted by Crippen LogP contribution is 2.30. The standard InChI is InChI=1S/C10H12F2OS/c1-2-14-9-5-3-4-8(6-9)10(11,12)7-13/h3-6,13H,2,7H2,1H3. The topological polar surface area (TPSA) is 20.2 Å². The number of hydrogen-bond donors (Lipinski definition) is 1. The molecule has 0 radical (unpaired) electrons. The fourth-order valence-electron chi connectivity index (χ4n) is 1.07. The van der Waals surface area contributed by atoms with Crippen molar-refractivity contribution in [3.8, 4) is 0 Å². The number of aliphatic hydroxyl groups is 1. The number of hydrogen-bond acceptors (Lipinski definition) is 2. The Labute approximate surface area is 86.1 Å². The van der Waals surface area contributed by atoms with Crippen molar-refractivity contribution in [2.45, 2.75) is 17.7 Å². The number of benzene rings is 1. The summed E-state index contributed by atoms with van der Waals surface area (Å²) in [5.74, 6) is -2.29. The van der Waals surface area contributed by atoms with Crippen LogP contribution in [0.3, 0.4) is 0 Å². The van der Waals surface area contributed by atoms with E-state index in [1.165, 1.54) is 23.9 Å². The molecule has 0 saturated heterocycles. The minimum atomic E-state index is -3.13. The van der Waals surface area contributed by atoms with Crippen molar-refractivity contribution in [2.24, 2.45) is 0 Å². The maximum absolute atomic E-state index is 13.0. The Hall–Kier alpha value is -0.610. The van der Waals surface area contributed by atoms with Gasteiger partial charge in [0.2, 0.25) is 0 Å². The van der Waals surface area contributed by atoms with Crippen LogP contribution in [-0.4, -0.2) is 17.5 Å². The summed E-state index contributed by atoms with van der Waals surface area (Å²) in [6, 6.07) is 6.11. The molecule has 0 heterocycles. The fraction of sp³-hybridized carbons (Fsp3) is 0.400. The SMILES string of the molecule is CCSc1cccc(C(F)(F)CO)c1. The molecule has 0 fully saturated rings. The van der Waals surface area contributed by atoms with Crippen LogP contribution >= 0.6 is 11.8 Å². The molecule has 1 aromatic carbocycles. The predicted octanol–water partition coefficient (Wildman–Crippen LogP) is 2.88. The van der Waals surface area contributed by atoms with Crippen molar-refractivity contribution in [1.29, 1.82) is 0 Å². The van der Waals surface area contributed by atoms with Crippen LogP contribution in [0.25, 0.3) is 0 Å². The summed E-state index contributed by atoms with van der Waals surface area (Å²) in [6.45, 7) is 0.814. The van der Waals surface area contributed by atoms with Crippen molar-refractivity contribution in [3.63, 3.8) is 0 Å². The van der Waals surface area contributed by atoms with E-state index in [9.17, 15) is 8.78 Å². The van der Waals surface area contributed by atoms with Gasteiger partial charge in [-0.3, -0.25) is 0 Å². The Kier molecular flexibility index (Phi) is 3.89. The second-order valence-electron chi connectivity index (χ2n) is 2.82. The maximum atomic E-state index is 13.0. The Morgan fingerprint density at radius 2 is 2.14 bits per heavy atom. The Morgan fingerprint density at radius 1 is 1.43 bits per heavy atom. The molecule has 0 aliphatic carbocycles.